The molecule has 0 N–H and O–H groups in total. The smallest absolute Gasteiger partial charge is 0.246 e. The third-order valence-corrected chi connectivity index (χ3v) is 3.25. The van der Waals surface area contributed by atoms with E-state index in [1.807, 2.05) is 11.0 Å². The van der Waals surface area contributed by atoms with Crippen molar-refractivity contribution in [3.8, 4) is 0 Å². The van der Waals surface area contributed by atoms with Crippen LogP contribution in [0.1, 0.15) is 29.5 Å². The Bertz CT molecular complexity index is 442. The average molecular weight is 229 g/mol. The highest BCUT2D eigenvalue weighted by atomic mass is 16.2. The summed E-state index contributed by atoms with van der Waals surface area (Å²) in [7, 11) is 0. The van der Waals surface area contributed by atoms with Crippen LogP contribution in [0.15, 0.2) is 24.3 Å². The number of aryl methyl sites for hydroxylation is 2. The molecule has 0 aromatic heterocycles. The number of rotatable bonds is 2. The molecule has 0 atom stereocenters. The van der Waals surface area contributed by atoms with Crippen molar-refractivity contribution in [1.29, 1.82) is 0 Å². The lowest BCUT2D eigenvalue weighted by Crippen LogP contribution is -2.25. The van der Waals surface area contributed by atoms with E-state index in [2.05, 4.69) is 32.0 Å². The second kappa shape index (κ2) is 5.17. The van der Waals surface area contributed by atoms with Gasteiger partial charge in [0.25, 0.3) is 0 Å². The number of hydrogen-bond donors (Lipinski definition) is 0. The van der Waals surface area contributed by atoms with E-state index in [1.54, 1.807) is 6.08 Å². The summed E-state index contributed by atoms with van der Waals surface area (Å²) in [5.74, 6) is 0.141. The van der Waals surface area contributed by atoms with Crippen molar-refractivity contribution >= 4 is 12.0 Å². The lowest BCUT2D eigenvalue weighted by atomic mass is 10.1. The number of amides is 1. The molecule has 2 nitrogen and oxygen atoms in total. The highest BCUT2D eigenvalue weighted by Gasteiger charge is 2.14. The Labute approximate surface area is 103 Å². The van der Waals surface area contributed by atoms with E-state index in [9.17, 15) is 4.79 Å². The maximum Gasteiger partial charge on any atom is 0.246 e. The first kappa shape index (κ1) is 11.9. The van der Waals surface area contributed by atoms with E-state index in [-0.39, 0.29) is 5.91 Å². The van der Waals surface area contributed by atoms with Crippen LogP contribution in [0.4, 0.5) is 0 Å². The number of nitrogens with zero attached hydrogens (tertiary/aromatic N) is 1. The Morgan fingerprint density at radius 3 is 2.59 bits per heavy atom. The molecule has 0 saturated carbocycles. The standard InChI is InChI=1S/C15H19NO/c1-12-5-6-14(13(2)11-12)7-8-15(17)16-9-3-4-10-16/h5-8,11H,3-4,9-10H2,1-2H3/b8-7+. The highest BCUT2D eigenvalue weighted by molar-refractivity contribution is 5.92. The van der Waals surface area contributed by atoms with Gasteiger partial charge in [-0.05, 0) is 43.9 Å². The van der Waals surface area contributed by atoms with Gasteiger partial charge in [-0.15, -0.1) is 0 Å². The van der Waals surface area contributed by atoms with E-state index in [0.29, 0.717) is 0 Å². The highest BCUT2D eigenvalue weighted by Crippen LogP contribution is 2.13. The molecule has 1 aliphatic rings. The molecule has 1 fully saturated rings. The minimum absolute atomic E-state index is 0.141. The Kier molecular flexibility index (Phi) is 3.62. The van der Waals surface area contributed by atoms with E-state index in [4.69, 9.17) is 0 Å². The normalized spacial score (nSPS) is 15.8. The fourth-order valence-electron chi connectivity index (χ4n) is 2.22. The van der Waals surface area contributed by atoms with Crippen LogP contribution in [0.2, 0.25) is 0 Å². The monoisotopic (exact) mass is 229 g/mol. The number of benzene rings is 1. The summed E-state index contributed by atoms with van der Waals surface area (Å²) in [6.07, 6.45) is 5.91. The summed E-state index contributed by atoms with van der Waals surface area (Å²) in [6.45, 7) is 5.98. The fourth-order valence-corrected chi connectivity index (χ4v) is 2.22. The molecule has 1 amide bonds. The van der Waals surface area contributed by atoms with E-state index in [1.165, 1.54) is 11.1 Å². The molecule has 90 valence electrons. The van der Waals surface area contributed by atoms with Gasteiger partial charge in [-0.3, -0.25) is 4.79 Å². The van der Waals surface area contributed by atoms with Crippen molar-refractivity contribution in [1.82, 2.24) is 4.90 Å². The molecule has 0 radical (unpaired) electrons. The van der Waals surface area contributed by atoms with Crippen LogP contribution in [-0.2, 0) is 4.79 Å². The number of hydrogen-bond acceptors (Lipinski definition) is 1. The summed E-state index contributed by atoms with van der Waals surface area (Å²) in [5.41, 5.74) is 3.60. The molecule has 1 aromatic carbocycles. The summed E-state index contributed by atoms with van der Waals surface area (Å²) in [6, 6.07) is 6.28. The van der Waals surface area contributed by atoms with Gasteiger partial charge in [0.05, 0.1) is 0 Å². The number of carbonyl (C=O) groups excluding carboxylic acids is 1. The second-order valence-corrected chi connectivity index (χ2v) is 4.73. The van der Waals surface area contributed by atoms with Crippen molar-refractivity contribution in [3.05, 3.63) is 41.0 Å². The molecular weight excluding hydrogens is 210 g/mol. The lowest BCUT2D eigenvalue weighted by molar-refractivity contribution is -0.124. The number of likely N-dealkylation sites (tertiary alicyclic amines) is 1. The first-order valence-corrected chi connectivity index (χ1v) is 6.21. The zero-order valence-corrected chi connectivity index (χ0v) is 10.6. The third-order valence-electron chi connectivity index (χ3n) is 3.25. The van der Waals surface area contributed by atoms with Gasteiger partial charge in [0.1, 0.15) is 0 Å². The Morgan fingerprint density at radius 2 is 1.94 bits per heavy atom. The van der Waals surface area contributed by atoms with E-state index >= 15 is 0 Å². The summed E-state index contributed by atoms with van der Waals surface area (Å²) in [5, 5.41) is 0. The molecule has 1 saturated heterocycles. The minimum Gasteiger partial charge on any atom is -0.339 e. The van der Waals surface area contributed by atoms with Crippen LogP contribution in [0.5, 0.6) is 0 Å². The first-order chi connectivity index (χ1) is 8.16. The maximum atomic E-state index is 11.8. The van der Waals surface area contributed by atoms with Crippen LogP contribution in [0, 0.1) is 13.8 Å². The second-order valence-electron chi connectivity index (χ2n) is 4.73. The molecule has 0 spiro atoms. The van der Waals surface area contributed by atoms with Gasteiger partial charge in [-0.2, -0.15) is 0 Å². The van der Waals surface area contributed by atoms with Crippen LogP contribution >= 0.6 is 0 Å². The van der Waals surface area contributed by atoms with E-state index in [0.717, 1.165) is 31.5 Å². The molecule has 0 bridgehead atoms. The van der Waals surface area contributed by atoms with Crippen LogP contribution < -0.4 is 0 Å². The molecule has 1 aliphatic heterocycles. The number of carbonyl (C=O) groups is 1. The van der Waals surface area contributed by atoms with Gasteiger partial charge in [0.2, 0.25) is 5.91 Å². The van der Waals surface area contributed by atoms with Gasteiger partial charge < -0.3 is 4.90 Å². The summed E-state index contributed by atoms with van der Waals surface area (Å²) >= 11 is 0. The minimum atomic E-state index is 0.141. The van der Waals surface area contributed by atoms with Gasteiger partial charge in [-0.1, -0.05) is 23.8 Å². The molecule has 1 aromatic rings. The Balaban J connectivity index is 2.06. The van der Waals surface area contributed by atoms with Crippen molar-refractivity contribution in [3.63, 3.8) is 0 Å². The molecule has 17 heavy (non-hydrogen) atoms. The van der Waals surface area contributed by atoms with Crippen molar-refractivity contribution < 1.29 is 4.79 Å². The van der Waals surface area contributed by atoms with Crippen LogP contribution in [0.3, 0.4) is 0 Å². The molecular formula is C15H19NO. The lowest BCUT2D eigenvalue weighted by Gasteiger charge is -2.11. The fraction of sp³-hybridized carbons (Fsp3) is 0.400. The van der Waals surface area contributed by atoms with Crippen LogP contribution in [0.25, 0.3) is 6.08 Å². The van der Waals surface area contributed by atoms with Crippen molar-refractivity contribution in [2.45, 2.75) is 26.7 Å². The third kappa shape index (κ3) is 2.96. The van der Waals surface area contributed by atoms with Gasteiger partial charge in [0.15, 0.2) is 0 Å². The topological polar surface area (TPSA) is 20.3 Å². The molecule has 2 rings (SSSR count). The van der Waals surface area contributed by atoms with Gasteiger partial charge in [0, 0.05) is 19.2 Å². The van der Waals surface area contributed by atoms with Crippen molar-refractivity contribution in [2.75, 3.05) is 13.1 Å². The first-order valence-electron chi connectivity index (χ1n) is 6.21. The van der Waals surface area contributed by atoms with Crippen LogP contribution in [-0.4, -0.2) is 23.9 Å². The largest absolute Gasteiger partial charge is 0.339 e. The van der Waals surface area contributed by atoms with E-state index < -0.39 is 0 Å². The molecule has 2 heteroatoms. The Hall–Kier alpha value is -1.57. The van der Waals surface area contributed by atoms with Crippen molar-refractivity contribution in [2.24, 2.45) is 0 Å². The average Bonchev–Trinajstić information content (AvgIpc) is 2.81. The summed E-state index contributed by atoms with van der Waals surface area (Å²) < 4.78 is 0. The maximum absolute atomic E-state index is 11.8. The quantitative estimate of drug-likeness (QED) is 0.714. The SMILES string of the molecule is Cc1ccc(/C=C/C(=O)N2CCCC2)c(C)c1. The Morgan fingerprint density at radius 1 is 1.24 bits per heavy atom. The molecule has 0 unspecified atom stereocenters. The van der Waals surface area contributed by atoms with Gasteiger partial charge in [-0.25, -0.2) is 0 Å². The molecule has 1 heterocycles. The zero-order valence-electron chi connectivity index (χ0n) is 10.6. The predicted octanol–water partition coefficient (Wildman–Crippen LogP) is 2.94. The molecule has 0 aliphatic carbocycles. The van der Waals surface area contributed by atoms with Gasteiger partial charge >= 0.3 is 0 Å². The summed E-state index contributed by atoms with van der Waals surface area (Å²) in [4.78, 5) is 13.8. The zero-order chi connectivity index (χ0) is 12.3. The predicted molar refractivity (Wildman–Crippen MR) is 70.8 cm³/mol.